The van der Waals surface area contributed by atoms with Gasteiger partial charge in [-0.15, -0.1) is 0 Å². The minimum atomic E-state index is 0.00892. The lowest BCUT2D eigenvalue weighted by atomic mass is 9.96. The van der Waals surface area contributed by atoms with Gasteiger partial charge in [-0.2, -0.15) is 0 Å². The second-order valence-electron chi connectivity index (χ2n) is 8.81. The van der Waals surface area contributed by atoms with Gasteiger partial charge in [-0.05, 0) is 70.3 Å². The predicted molar refractivity (Wildman–Crippen MR) is 123 cm³/mol. The Labute approximate surface area is 179 Å². The quantitative estimate of drug-likeness (QED) is 0.645. The number of imidazole rings is 1. The molecular weight excluding hydrogens is 372 g/mol. The Bertz CT molecular complexity index is 1030. The van der Waals surface area contributed by atoms with E-state index in [-0.39, 0.29) is 11.8 Å². The molecule has 0 spiro atoms. The number of nitrogens with zero attached hydrogens (tertiary/aromatic N) is 3. The van der Waals surface area contributed by atoms with Gasteiger partial charge in [0.15, 0.2) is 0 Å². The Balaban J connectivity index is 1.49. The van der Waals surface area contributed by atoms with Gasteiger partial charge in [0.2, 0.25) is 5.91 Å². The van der Waals surface area contributed by atoms with Crippen LogP contribution in [0.15, 0.2) is 42.5 Å². The van der Waals surface area contributed by atoms with E-state index in [1.165, 1.54) is 5.52 Å². The van der Waals surface area contributed by atoms with E-state index < -0.39 is 0 Å². The summed E-state index contributed by atoms with van der Waals surface area (Å²) >= 11 is 0. The van der Waals surface area contributed by atoms with E-state index in [1.807, 2.05) is 38.1 Å². The number of aryl methyl sites for hydroxylation is 2. The number of fused-ring (bicyclic) bond motifs is 1. The number of aromatic nitrogens is 2. The molecule has 1 fully saturated rings. The summed E-state index contributed by atoms with van der Waals surface area (Å²) in [6.45, 7) is 11.1. The first-order valence-corrected chi connectivity index (χ1v) is 11.0. The SMILES string of the molecule is Cc1cccc(C)c1NC(=O)[C@@H]1CCCN(Cc2nc3ccccc3n2C(C)C)C1. The van der Waals surface area contributed by atoms with Gasteiger partial charge >= 0.3 is 0 Å². The fourth-order valence-electron chi connectivity index (χ4n) is 4.63. The maximum absolute atomic E-state index is 13.0. The van der Waals surface area contributed by atoms with Crippen LogP contribution < -0.4 is 5.32 Å². The van der Waals surface area contributed by atoms with Crippen LogP contribution in [0.4, 0.5) is 5.69 Å². The summed E-state index contributed by atoms with van der Waals surface area (Å²) in [5.74, 6) is 1.23. The lowest BCUT2D eigenvalue weighted by molar-refractivity contribution is -0.121. The third-order valence-electron chi connectivity index (χ3n) is 6.16. The zero-order valence-corrected chi connectivity index (χ0v) is 18.5. The Morgan fingerprint density at radius 1 is 1.13 bits per heavy atom. The molecule has 0 aliphatic carbocycles. The van der Waals surface area contributed by atoms with Crippen LogP contribution in [-0.2, 0) is 11.3 Å². The Morgan fingerprint density at radius 3 is 2.60 bits per heavy atom. The topological polar surface area (TPSA) is 50.2 Å². The first-order valence-electron chi connectivity index (χ1n) is 11.0. The van der Waals surface area contributed by atoms with Crippen molar-refractivity contribution in [2.75, 3.05) is 18.4 Å². The first-order chi connectivity index (χ1) is 14.4. The second kappa shape index (κ2) is 8.60. The van der Waals surface area contributed by atoms with Gasteiger partial charge in [0.25, 0.3) is 0 Å². The molecule has 5 nitrogen and oxygen atoms in total. The van der Waals surface area contributed by atoms with Crippen LogP contribution in [0.5, 0.6) is 0 Å². The third kappa shape index (κ3) is 4.12. The zero-order valence-electron chi connectivity index (χ0n) is 18.5. The standard InChI is InChI=1S/C25H32N4O/c1-17(2)29-22-13-6-5-12-21(22)26-23(29)16-28-14-8-11-20(15-28)25(30)27-24-18(3)9-7-10-19(24)4/h5-7,9-10,12-13,17,20H,8,11,14-16H2,1-4H3,(H,27,30)/t20-/m1/s1. The van der Waals surface area contributed by atoms with Gasteiger partial charge in [0.05, 0.1) is 23.5 Å². The zero-order chi connectivity index (χ0) is 21.3. The molecule has 0 radical (unpaired) electrons. The van der Waals surface area contributed by atoms with Crippen LogP contribution in [0.2, 0.25) is 0 Å². The fourth-order valence-corrected chi connectivity index (χ4v) is 4.63. The minimum absolute atomic E-state index is 0.00892. The number of carbonyl (C=O) groups is 1. The molecule has 5 heteroatoms. The summed E-state index contributed by atoms with van der Waals surface area (Å²) in [4.78, 5) is 20.3. The summed E-state index contributed by atoms with van der Waals surface area (Å²) in [5.41, 5.74) is 5.41. The van der Waals surface area contributed by atoms with E-state index in [0.29, 0.717) is 6.04 Å². The van der Waals surface area contributed by atoms with Crippen LogP contribution in [0.25, 0.3) is 11.0 Å². The van der Waals surface area contributed by atoms with E-state index in [2.05, 4.69) is 46.8 Å². The van der Waals surface area contributed by atoms with Crippen molar-refractivity contribution in [1.29, 1.82) is 0 Å². The monoisotopic (exact) mass is 404 g/mol. The lowest BCUT2D eigenvalue weighted by Crippen LogP contribution is -2.40. The summed E-state index contributed by atoms with van der Waals surface area (Å²) in [5, 5.41) is 3.20. The van der Waals surface area contributed by atoms with E-state index >= 15 is 0 Å². The normalized spacial score (nSPS) is 17.6. The molecular formula is C25H32N4O. The fraction of sp³-hybridized carbons (Fsp3) is 0.440. The van der Waals surface area contributed by atoms with Crippen molar-refractivity contribution in [1.82, 2.24) is 14.5 Å². The molecule has 158 valence electrons. The largest absolute Gasteiger partial charge is 0.325 e. The van der Waals surface area contributed by atoms with Crippen molar-refractivity contribution in [3.8, 4) is 0 Å². The van der Waals surface area contributed by atoms with Crippen molar-refractivity contribution in [3.05, 3.63) is 59.4 Å². The number of amides is 1. The van der Waals surface area contributed by atoms with E-state index in [4.69, 9.17) is 4.98 Å². The van der Waals surface area contributed by atoms with E-state index in [9.17, 15) is 4.79 Å². The van der Waals surface area contributed by atoms with Crippen molar-refractivity contribution in [2.24, 2.45) is 5.92 Å². The van der Waals surface area contributed by atoms with Crippen LogP contribution in [0.3, 0.4) is 0 Å². The molecule has 2 aromatic carbocycles. The molecule has 1 aliphatic heterocycles. The molecule has 1 aromatic heterocycles. The third-order valence-corrected chi connectivity index (χ3v) is 6.16. The van der Waals surface area contributed by atoms with Crippen molar-refractivity contribution in [2.45, 2.75) is 53.1 Å². The molecule has 30 heavy (non-hydrogen) atoms. The van der Waals surface area contributed by atoms with Crippen LogP contribution in [-0.4, -0.2) is 33.4 Å². The van der Waals surface area contributed by atoms with Gasteiger partial charge in [0.1, 0.15) is 5.82 Å². The molecule has 0 unspecified atom stereocenters. The van der Waals surface area contributed by atoms with Crippen LogP contribution in [0.1, 0.15) is 49.7 Å². The molecule has 0 bridgehead atoms. The molecule has 0 saturated carbocycles. The molecule has 4 rings (SSSR count). The number of likely N-dealkylation sites (tertiary alicyclic amines) is 1. The first kappa shape index (κ1) is 20.6. The highest BCUT2D eigenvalue weighted by Gasteiger charge is 2.27. The van der Waals surface area contributed by atoms with Crippen LogP contribution in [0, 0.1) is 19.8 Å². The predicted octanol–water partition coefficient (Wildman–Crippen LogP) is 5.08. The minimum Gasteiger partial charge on any atom is -0.325 e. The number of rotatable bonds is 5. The smallest absolute Gasteiger partial charge is 0.228 e. The number of hydrogen-bond acceptors (Lipinski definition) is 3. The molecule has 2 heterocycles. The number of carbonyl (C=O) groups excluding carboxylic acids is 1. The molecule has 1 amide bonds. The van der Waals surface area contributed by atoms with E-state index in [1.54, 1.807) is 0 Å². The van der Waals surface area contributed by atoms with E-state index in [0.717, 1.165) is 60.6 Å². The highest BCUT2D eigenvalue weighted by atomic mass is 16.1. The number of para-hydroxylation sites is 3. The number of benzene rings is 2. The van der Waals surface area contributed by atoms with Gasteiger partial charge in [-0.25, -0.2) is 4.98 Å². The van der Waals surface area contributed by atoms with Gasteiger partial charge in [-0.3, -0.25) is 9.69 Å². The van der Waals surface area contributed by atoms with Crippen molar-refractivity contribution < 1.29 is 4.79 Å². The molecule has 1 atom stereocenters. The summed E-state index contributed by atoms with van der Waals surface area (Å²) in [6, 6.07) is 14.8. The average molecular weight is 405 g/mol. The number of piperidine rings is 1. The summed E-state index contributed by atoms with van der Waals surface area (Å²) in [6.07, 6.45) is 1.97. The van der Waals surface area contributed by atoms with Crippen molar-refractivity contribution >= 4 is 22.6 Å². The maximum Gasteiger partial charge on any atom is 0.228 e. The number of nitrogens with one attached hydrogen (secondary N) is 1. The lowest BCUT2D eigenvalue weighted by Gasteiger charge is -2.32. The Kier molecular flexibility index (Phi) is 5.91. The molecule has 1 saturated heterocycles. The Hall–Kier alpha value is -2.66. The van der Waals surface area contributed by atoms with Crippen LogP contribution >= 0.6 is 0 Å². The van der Waals surface area contributed by atoms with Gasteiger partial charge in [-0.1, -0.05) is 30.3 Å². The molecule has 1 N–H and O–H groups in total. The molecule has 1 aliphatic rings. The summed E-state index contributed by atoms with van der Waals surface area (Å²) < 4.78 is 2.33. The number of anilines is 1. The second-order valence-corrected chi connectivity index (χ2v) is 8.81. The Morgan fingerprint density at radius 2 is 1.87 bits per heavy atom. The van der Waals surface area contributed by atoms with Crippen molar-refractivity contribution in [3.63, 3.8) is 0 Å². The maximum atomic E-state index is 13.0. The van der Waals surface area contributed by atoms with Gasteiger partial charge in [0, 0.05) is 18.3 Å². The van der Waals surface area contributed by atoms with Gasteiger partial charge < -0.3 is 9.88 Å². The number of hydrogen-bond donors (Lipinski definition) is 1. The summed E-state index contributed by atoms with van der Waals surface area (Å²) in [7, 11) is 0. The average Bonchev–Trinajstić information content (AvgIpc) is 3.09. The highest BCUT2D eigenvalue weighted by molar-refractivity contribution is 5.94. The molecule has 3 aromatic rings. The highest BCUT2D eigenvalue weighted by Crippen LogP contribution is 2.26.